The summed E-state index contributed by atoms with van der Waals surface area (Å²) in [6.45, 7) is 5.42. The van der Waals surface area contributed by atoms with Crippen LogP contribution in [-0.2, 0) is 9.53 Å². The van der Waals surface area contributed by atoms with Crippen molar-refractivity contribution in [2.45, 2.75) is 32.4 Å². The molecule has 4 nitrogen and oxygen atoms in total. The van der Waals surface area contributed by atoms with Crippen LogP contribution in [0.2, 0.25) is 0 Å². The Morgan fingerprint density at radius 1 is 1.39 bits per heavy atom. The molecule has 0 aliphatic carbocycles. The summed E-state index contributed by atoms with van der Waals surface area (Å²) in [5, 5.41) is 0. The summed E-state index contributed by atoms with van der Waals surface area (Å²) < 4.78 is 11.1. The Morgan fingerprint density at radius 2 is 2.00 bits per heavy atom. The van der Waals surface area contributed by atoms with E-state index in [4.69, 9.17) is 15.2 Å². The van der Waals surface area contributed by atoms with Gasteiger partial charge >= 0.3 is 5.97 Å². The third-order valence-electron chi connectivity index (χ3n) is 2.20. The van der Waals surface area contributed by atoms with Crippen molar-refractivity contribution in [1.29, 1.82) is 0 Å². The van der Waals surface area contributed by atoms with Gasteiger partial charge in [-0.3, -0.25) is 0 Å². The van der Waals surface area contributed by atoms with Crippen LogP contribution >= 0.6 is 15.9 Å². The molecule has 100 valence electrons. The maximum atomic E-state index is 11.8. The Balaban J connectivity index is 2.87. The highest BCUT2D eigenvalue weighted by atomic mass is 79.9. The van der Waals surface area contributed by atoms with E-state index < -0.39 is 17.6 Å². The van der Waals surface area contributed by atoms with E-state index >= 15 is 0 Å². The van der Waals surface area contributed by atoms with Gasteiger partial charge in [0.1, 0.15) is 17.4 Å². The molecule has 1 aromatic carbocycles. The zero-order chi connectivity index (χ0) is 13.9. The van der Waals surface area contributed by atoms with Crippen LogP contribution in [-0.4, -0.2) is 18.7 Å². The lowest BCUT2D eigenvalue weighted by molar-refractivity contribution is -0.156. The Bertz CT molecular complexity index is 440. The van der Waals surface area contributed by atoms with E-state index in [1.165, 1.54) is 0 Å². The zero-order valence-electron chi connectivity index (χ0n) is 11.0. The van der Waals surface area contributed by atoms with Crippen LogP contribution in [0.5, 0.6) is 5.75 Å². The maximum Gasteiger partial charge on any atom is 0.328 e. The number of halogens is 1. The van der Waals surface area contributed by atoms with Gasteiger partial charge in [-0.1, -0.05) is 6.07 Å². The van der Waals surface area contributed by atoms with Crippen molar-refractivity contribution in [3.8, 4) is 5.75 Å². The predicted molar refractivity (Wildman–Crippen MR) is 73.5 cm³/mol. The first-order valence-corrected chi connectivity index (χ1v) is 6.36. The van der Waals surface area contributed by atoms with Crippen LogP contribution in [0.15, 0.2) is 22.7 Å². The van der Waals surface area contributed by atoms with Crippen molar-refractivity contribution < 1.29 is 14.3 Å². The largest absolute Gasteiger partial charge is 0.496 e. The molecular formula is C13H18BrNO3. The molecule has 0 saturated carbocycles. The molecule has 18 heavy (non-hydrogen) atoms. The van der Waals surface area contributed by atoms with Crippen molar-refractivity contribution in [1.82, 2.24) is 0 Å². The summed E-state index contributed by atoms with van der Waals surface area (Å²) in [6, 6.07) is 4.46. The Morgan fingerprint density at radius 3 is 2.44 bits per heavy atom. The minimum Gasteiger partial charge on any atom is -0.496 e. The van der Waals surface area contributed by atoms with Gasteiger partial charge in [-0.2, -0.15) is 0 Å². The quantitative estimate of drug-likeness (QED) is 0.871. The van der Waals surface area contributed by atoms with Gasteiger partial charge in [0.2, 0.25) is 0 Å². The number of nitrogens with two attached hydrogens (primary N) is 1. The van der Waals surface area contributed by atoms with Gasteiger partial charge in [0.15, 0.2) is 0 Å². The van der Waals surface area contributed by atoms with E-state index in [1.54, 1.807) is 25.3 Å². The molecule has 0 radical (unpaired) electrons. The second-order valence-electron chi connectivity index (χ2n) is 4.91. The van der Waals surface area contributed by atoms with Gasteiger partial charge < -0.3 is 15.2 Å². The van der Waals surface area contributed by atoms with Crippen LogP contribution in [0.25, 0.3) is 0 Å². The molecular weight excluding hydrogens is 298 g/mol. The van der Waals surface area contributed by atoms with Crippen LogP contribution in [0.1, 0.15) is 32.4 Å². The number of benzene rings is 1. The Kier molecular flexibility index (Phi) is 4.76. The number of carbonyl (C=O) groups excluding carboxylic acids is 1. The molecule has 0 bridgehead atoms. The molecule has 1 rings (SSSR count). The first-order valence-electron chi connectivity index (χ1n) is 5.56. The third kappa shape index (κ3) is 3.99. The fourth-order valence-electron chi connectivity index (χ4n) is 1.38. The summed E-state index contributed by atoms with van der Waals surface area (Å²) in [6.07, 6.45) is 0. The molecule has 2 N–H and O–H groups in total. The van der Waals surface area contributed by atoms with Crippen LogP contribution in [0, 0.1) is 0 Å². The normalized spacial score (nSPS) is 13.0. The van der Waals surface area contributed by atoms with E-state index in [9.17, 15) is 4.79 Å². The van der Waals surface area contributed by atoms with Crippen LogP contribution in [0.3, 0.4) is 0 Å². The SMILES string of the molecule is COc1ccc(C(N)C(=O)OC(C)(C)C)cc1Br. The number of ether oxygens (including phenoxy) is 2. The highest BCUT2D eigenvalue weighted by molar-refractivity contribution is 9.10. The first kappa shape index (κ1) is 15.0. The van der Waals surface area contributed by atoms with Gasteiger partial charge in [-0.05, 0) is 54.4 Å². The molecule has 0 aliphatic heterocycles. The van der Waals surface area contributed by atoms with Gasteiger partial charge in [-0.15, -0.1) is 0 Å². The molecule has 1 atom stereocenters. The summed E-state index contributed by atoms with van der Waals surface area (Å²) in [7, 11) is 1.58. The summed E-state index contributed by atoms with van der Waals surface area (Å²) in [5.41, 5.74) is 6.00. The number of hydrogen-bond acceptors (Lipinski definition) is 4. The average molecular weight is 316 g/mol. The number of rotatable bonds is 3. The molecule has 1 aromatic rings. The fraction of sp³-hybridized carbons (Fsp3) is 0.462. The first-order chi connectivity index (χ1) is 8.24. The second-order valence-corrected chi connectivity index (χ2v) is 5.76. The molecule has 1 unspecified atom stereocenters. The molecule has 0 spiro atoms. The lowest BCUT2D eigenvalue weighted by Gasteiger charge is -2.22. The highest BCUT2D eigenvalue weighted by Gasteiger charge is 2.23. The molecule has 0 aliphatic rings. The standard InChI is InChI=1S/C13H18BrNO3/c1-13(2,3)18-12(16)11(15)8-5-6-10(17-4)9(14)7-8/h5-7,11H,15H2,1-4H3. The maximum absolute atomic E-state index is 11.8. The zero-order valence-corrected chi connectivity index (χ0v) is 12.6. The van der Waals surface area contributed by atoms with E-state index in [1.807, 2.05) is 20.8 Å². The minimum atomic E-state index is -0.800. The van der Waals surface area contributed by atoms with Gasteiger partial charge in [0.05, 0.1) is 11.6 Å². The Labute approximate surface area is 116 Å². The molecule has 5 heteroatoms. The number of carbonyl (C=O) groups is 1. The van der Waals surface area contributed by atoms with E-state index in [0.717, 1.165) is 4.47 Å². The molecule has 0 saturated heterocycles. The van der Waals surface area contributed by atoms with E-state index in [0.29, 0.717) is 11.3 Å². The van der Waals surface area contributed by atoms with Crippen LogP contribution in [0.4, 0.5) is 0 Å². The lowest BCUT2D eigenvalue weighted by atomic mass is 10.1. The summed E-state index contributed by atoms with van der Waals surface area (Å²) >= 11 is 3.35. The molecule has 0 fully saturated rings. The Hall–Kier alpha value is -1.07. The summed E-state index contributed by atoms with van der Waals surface area (Å²) in [5.74, 6) is 0.245. The van der Waals surface area contributed by atoms with Crippen LogP contribution < -0.4 is 10.5 Å². The second kappa shape index (κ2) is 5.71. The number of hydrogen-bond donors (Lipinski definition) is 1. The monoisotopic (exact) mass is 315 g/mol. The van der Waals surface area contributed by atoms with E-state index in [-0.39, 0.29) is 0 Å². The summed E-state index contributed by atoms with van der Waals surface area (Å²) in [4.78, 5) is 11.8. The van der Waals surface area contributed by atoms with Crippen molar-refractivity contribution >= 4 is 21.9 Å². The average Bonchev–Trinajstić information content (AvgIpc) is 2.25. The highest BCUT2D eigenvalue weighted by Crippen LogP contribution is 2.28. The number of methoxy groups -OCH3 is 1. The molecule has 0 aromatic heterocycles. The van der Waals surface area contributed by atoms with Crippen molar-refractivity contribution in [2.24, 2.45) is 5.73 Å². The van der Waals surface area contributed by atoms with Crippen molar-refractivity contribution in [2.75, 3.05) is 7.11 Å². The van der Waals surface area contributed by atoms with Gasteiger partial charge in [-0.25, -0.2) is 4.79 Å². The minimum absolute atomic E-state index is 0.445. The fourth-order valence-corrected chi connectivity index (χ4v) is 1.94. The predicted octanol–water partition coefficient (Wildman–Crippen LogP) is 2.80. The van der Waals surface area contributed by atoms with Gasteiger partial charge in [0, 0.05) is 0 Å². The lowest BCUT2D eigenvalue weighted by Crippen LogP contribution is -2.31. The van der Waals surface area contributed by atoms with E-state index in [2.05, 4.69) is 15.9 Å². The molecule has 0 amide bonds. The number of esters is 1. The third-order valence-corrected chi connectivity index (χ3v) is 2.82. The van der Waals surface area contributed by atoms with Gasteiger partial charge in [0.25, 0.3) is 0 Å². The van der Waals surface area contributed by atoms with Crippen molar-refractivity contribution in [3.63, 3.8) is 0 Å². The van der Waals surface area contributed by atoms with Crippen molar-refractivity contribution in [3.05, 3.63) is 28.2 Å². The topological polar surface area (TPSA) is 61.5 Å². The smallest absolute Gasteiger partial charge is 0.328 e. The molecule has 0 heterocycles.